The smallest absolute Gasteiger partial charge is 0.408 e. The number of hydrogen-bond acceptors (Lipinski definition) is 9. The molecule has 13 heteroatoms. The van der Waals surface area contributed by atoms with Gasteiger partial charge in [-0.2, -0.15) is 0 Å². The topological polar surface area (TPSA) is 153 Å². The molecular weight excluding hydrogens is 668 g/mol. The van der Waals surface area contributed by atoms with Crippen molar-refractivity contribution in [1.29, 1.82) is 0 Å². The van der Waals surface area contributed by atoms with Gasteiger partial charge in [-0.15, -0.1) is 0 Å². The summed E-state index contributed by atoms with van der Waals surface area (Å²) in [6.45, 7) is 15.2. The van der Waals surface area contributed by atoms with Crippen LogP contribution in [0.25, 0.3) is 0 Å². The minimum atomic E-state index is -0.893. The molecule has 1 fully saturated rings. The Morgan fingerprint density at radius 1 is 0.962 bits per heavy atom. The summed E-state index contributed by atoms with van der Waals surface area (Å²) in [5.74, 6) is -2.42. The van der Waals surface area contributed by atoms with E-state index in [1.165, 1.54) is 21.3 Å². The third-order valence-electron chi connectivity index (χ3n) is 9.95. The summed E-state index contributed by atoms with van der Waals surface area (Å²) in [5.41, 5.74) is 0.142. The first kappa shape index (κ1) is 44.5. The number of hydrogen-bond donors (Lipinski definition) is 2. The van der Waals surface area contributed by atoms with Gasteiger partial charge in [-0.1, -0.05) is 71.4 Å². The van der Waals surface area contributed by atoms with E-state index in [0.717, 1.165) is 12.0 Å². The third-order valence-corrected chi connectivity index (χ3v) is 9.95. The third kappa shape index (κ3) is 12.5. The number of likely N-dealkylation sites (tertiary alicyclic amines) is 1. The number of nitrogens with one attached hydrogen (secondary N) is 2. The van der Waals surface area contributed by atoms with Gasteiger partial charge in [0, 0.05) is 34.2 Å². The lowest BCUT2D eigenvalue weighted by Crippen LogP contribution is -2.58. The zero-order valence-corrected chi connectivity index (χ0v) is 33.4. The summed E-state index contributed by atoms with van der Waals surface area (Å²) in [4.78, 5) is 70.4. The van der Waals surface area contributed by atoms with Gasteiger partial charge in [-0.05, 0) is 51.0 Å². The van der Waals surface area contributed by atoms with E-state index in [0.29, 0.717) is 19.4 Å². The van der Waals surface area contributed by atoms with Crippen molar-refractivity contribution in [3.05, 3.63) is 35.9 Å². The molecule has 52 heavy (non-hydrogen) atoms. The summed E-state index contributed by atoms with van der Waals surface area (Å²) in [6.07, 6.45) is 0.326. The molecule has 1 aliphatic heterocycles. The number of esters is 1. The Balaban J connectivity index is 2.26. The van der Waals surface area contributed by atoms with Crippen LogP contribution in [0.4, 0.5) is 4.79 Å². The molecule has 2 N–H and O–H groups in total. The molecule has 8 atom stereocenters. The van der Waals surface area contributed by atoms with Gasteiger partial charge in [-0.25, -0.2) is 9.59 Å². The second-order valence-corrected chi connectivity index (χ2v) is 15.2. The number of benzene rings is 1. The van der Waals surface area contributed by atoms with E-state index in [2.05, 4.69) is 10.6 Å². The number of carbonyl (C=O) groups excluding carboxylic acids is 5. The first-order valence-corrected chi connectivity index (χ1v) is 18.4. The molecule has 4 amide bonds. The highest BCUT2D eigenvalue weighted by molar-refractivity contribution is 5.87. The Morgan fingerprint density at radius 3 is 2.12 bits per heavy atom. The zero-order valence-electron chi connectivity index (χ0n) is 33.4. The fourth-order valence-corrected chi connectivity index (χ4v) is 6.96. The zero-order chi connectivity index (χ0) is 39.3. The Labute approximate surface area is 310 Å². The maximum absolute atomic E-state index is 14.1. The monoisotopic (exact) mass is 732 g/mol. The van der Waals surface area contributed by atoms with Crippen LogP contribution in [-0.2, 0) is 44.5 Å². The van der Waals surface area contributed by atoms with Crippen molar-refractivity contribution in [3.8, 4) is 0 Å². The highest BCUT2D eigenvalue weighted by Gasteiger charge is 2.43. The Morgan fingerprint density at radius 2 is 1.60 bits per heavy atom. The SMILES string of the molecule is CC[C@H](C)[C@@H]([C@@H](CC(=O)N1CCC[C@H]1[C@H](OC)[C@@H](C)C(=O)NC(Cc1ccccc1)C(=O)OC)OC)N(C)C(=O)[C@@H](NC(=O)OC(C)(C)C)C(C)C. The molecule has 1 aliphatic rings. The summed E-state index contributed by atoms with van der Waals surface area (Å²) >= 11 is 0. The molecule has 0 spiro atoms. The van der Waals surface area contributed by atoms with E-state index in [1.807, 2.05) is 58.0 Å². The van der Waals surface area contributed by atoms with Crippen molar-refractivity contribution < 1.29 is 42.9 Å². The van der Waals surface area contributed by atoms with Crippen LogP contribution in [0.3, 0.4) is 0 Å². The van der Waals surface area contributed by atoms with Gasteiger partial charge in [0.1, 0.15) is 17.7 Å². The largest absolute Gasteiger partial charge is 0.467 e. The highest BCUT2D eigenvalue weighted by atomic mass is 16.6. The van der Waals surface area contributed by atoms with Crippen molar-refractivity contribution in [3.63, 3.8) is 0 Å². The second-order valence-electron chi connectivity index (χ2n) is 15.2. The van der Waals surface area contributed by atoms with Crippen LogP contribution in [-0.4, -0.2) is 116 Å². The van der Waals surface area contributed by atoms with Crippen LogP contribution in [0.1, 0.15) is 86.6 Å². The molecule has 0 radical (unpaired) electrons. The number of rotatable bonds is 18. The van der Waals surface area contributed by atoms with Crippen molar-refractivity contribution in [1.82, 2.24) is 20.4 Å². The average molecular weight is 733 g/mol. The van der Waals surface area contributed by atoms with Crippen LogP contribution >= 0.6 is 0 Å². The van der Waals surface area contributed by atoms with Gasteiger partial charge in [0.25, 0.3) is 0 Å². The highest BCUT2D eigenvalue weighted by Crippen LogP contribution is 2.30. The maximum Gasteiger partial charge on any atom is 0.408 e. The minimum absolute atomic E-state index is 0.00995. The van der Waals surface area contributed by atoms with Gasteiger partial charge in [0.2, 0.25) is 17.7 Å². The number of carbonyl (C=O) groups is 5. The van der Waals surface area contributed by atoms with Crippen molar-refractivity contribution in [2.75, 3.05) is 34.9 Å². The van der Waals surface area contributed by atoms with Crippen LogP contribution in [0.15, 0.2) is 30.3 Å². The van der Waals surface area contributed by atoms with Gasteiger partial charge in [-0.3, -0.25) is 14.4 Å². The van der Waals surface area contributed by atoms with E-state index in [4.69, 9.17) is 18.9 Å². The van der Waals surface area contributed by atoms with E-state index < -0.39 is 60.0 Å². The Kier molecular flexibility index (Phi) is 17.5. The number of methoxy groups -OCH3 is 3. The lowest BCUT2D eigenvalue weighted by Gasteiger charge is -2.40. The molecule has 2 rings (SSSR count). The van der Waals surface area contributed by atoms with Gasteiger partial charge in [0.15, 0.2) is 0 Å². The van der Waals surface area contributed by atoms with Crippen LogP contribution in [0.2, 0.25) is 0 Å². The number of nitrogens with zero attached hydrogens (tertiary/aromatic N) is 2. The predicted octanol–water partition coefficient (Wildman–Crippen LogP) is 4.36. The minimum Gasteiger partial charge on any atom is -0.467 e. The average Bonchev–Trinajstić information content (AvgIpc) is 3.58. The molecule has 1 heterocycles. The molecule has 1 unspecified atom stereocenters. The van der Waals surface area contributed by atoms with E-state index in [9.17, 15) is 24.0 Å². The molecule has 1 aromatic rings. The summed E-state index contributed by atoms with van der Waals surface area (Å²) in [7, 11) is 6.02. The summed E-state index contributed by atoms with van der Waals surface area (Å²) < 4.78 is 22.3. The fourth-order valence-electron chi connectivity index (χ4n) is 6.96. The molecule has 0 bridgehead atoms. The molecule has 1 saturated heterocycles. The molecular formula is C39H64N4O9. The van der Waals surface area contributed by atoms with Crippen LogP contribution < -0.4 is 10.6 Å². The van der Waals surface area contributed by atoms with Crippen molar-refractivity contribution >= 4 is 29.8 Å². The fraction of sp³-hybridized carbons (Fsp3) is 0.718. The summed E-state index contributed by atoms with van der Waals surface area (Å²) in [6, 6.07) is 6.72. The lowest BCUT2D eigenvalue weighted by molar-refractivity contribution is -0.148. The maximum atomic E-state index is 14.1. The quantitative estimate of drug-likeness (QED) is 0.210. The Bertz CT molecular complexity index is 1320. The molecule has 0 saturated carbocycles. The van der Waals surface area contributed by atoms with Crippen molar-refractivity contribution in [2.24, 2.45) is 17.8 Å². The van der Waals surface area contributed by atoms with E-state index in [-0.39, 0.29) is 42.4 Å². The van der Waals surface area contributed by atoms with E-state index >= 15 is 0 Å². The summed E-state index contributed by atoms with van der Waals surface area (Å²) in [5, 5.41) is 5.59. The first-order chi connectivity index (χ1) is 24.4. The van der Waals surface area contributed by atoms with Gasteiger partial charge < -0.3 is 39.4 Å². The number of likely N-dealkylation sites (N-methyl/N-ethyl adjacent to an activating group) is 1. The molecule has 13 nitrogen and oxygen atoms in total. The van der Waals surface area contributed by atoms with E-state index in [1.54, 1.807) is 44.5 Å². The predicted molar refractivity (Wildman–Crippen MR) is 198 cm³/mol. The molecule has 0 aromatic heterocycles. The van der Waals surface area contributed by atoms with Gasteiger partial charge >= 0.3 is 12.1 Å². The first-order valence-electron chi connectivity index (χ1n) is 18.4. The number of amides is 4. The standard InChI is InChI=1S/C39H64N4O9/c1-13-25(4)33(42(9)36(46)32(24(2)3)41-38(48)52-39(6,7)8)30(49-10)23-31(44)43-21-17-20-29(43)34(50-11)26(5)35(45)40-28(37(47)51-12)22-27-18-15-14-16-19-27/h14-16,18-19,24-26,28-30,32-34H,13,17,20-23H2,1-12H3,(H,40,45)(H,41,48)/t25-,26+,28?,29-,30+,32-,33-,34+/m0/s1. The molecule has 294 valence electrons. The number of ether oxygens (including phenoxy) is 4. The Hall–Kier alpha value is -3.71. The molecule has 0 aliphatic carbocycles. The van der Waals surface area contributed by atoms with Crippen LogP contribution in [0, 0.1) is 17.8 Å². The number of alkyl carbamates (subject to hydrolysis) is 1. The van der Waals surface area contributed by atoms with Crippen molar-refractivity contribution in [2.45, 2.75) is 129 Å². The van der Waals surface area contributed by atoms with Gasteiger partial charge in [0.05, 0.1) is 43.7 Å². The second kappa shape index (κ2) is 20.5. The lowest BCUT2D eigenvalue weighted by atomic mass is 9.89. The normalized spacial score (nSPS) is 18.7. The molecule has 1 aromatic carbocycles. The van der Waals surface area contributed by atoms with Crippen LogP contribution in [0.5, 0.6) is 0 Å².